The van der Waals surface area contributed by atoms with E-state index >= 15 is 0 Å². The Hall–Kier alpha value is -1.46. The van der Waals surface area contributed by atoms with Crippen molar-refractivity contribution in [1.82, 2.24) is 0 Å². The minimum absolute atomic E-state index is 0.151. The average molecular weight is 407 g/mol. The lowest BCUT2D eigenvalue weighted by Gasteiger charge is -2.14. The zero-order valence-electron chi connectivity index (χ0n) is 12.3. The zero-order chi connectivity index (χ0) is 17.9. The maximum absolute atomic E-state index is 12.1. The van der Waals surface area contributed by atoms with Gasteiger partial charge in [-0.25, -0.2) is 4.79 Å². The van der Waals surface area contributed by atoms with E-state index in [1.54, 1.807) is 0 Å². The SMILES string of the molecule is CC(OC(=O)c1cc(Cl)cc(Cl)c1)C(=O)Nc1cc(Cl)cc(Cl)c1. The molecule has 0 heterocycles. The molecule has 1 unspecified atom stereocenters. The van der Waals surface area contributed by atoms with Crippen LogP contribution in [0.2, 0.25) is 20.1 Å². The van der Waals surface area contributed by atoms with Gasteiger partial charge in [-0.3, -0.25) is 4.79 Å². The molecule has 0 aliphatic carbocycles. The van der Waals surface area contributed by atoms with Gasteiger partial charge in [0, 0.05) is 25.8 Å². The Morgan fingerprint density at radius 1 is 0.875 bits per heavy atom. The molecular formula is C16H11Cl4NO3. The first kappa shape index (κ1) is 18.9. The molecule has 1 atom stereocenters. The summed E-state index contributed by atoms with van der Waals surface area (Å²) < 4.78 is 5.11. The Kier molecular flexibility index (Phi) is 6.35. The van der Waals surface area contributed by atoms with Gasteiger partial charge in [-0.1, -0.05) is 46.4 Å². The monoisotopic (exact) mass is 405 g/mol. The van der Waals surface area contributed by atoms with Gasteiger partial charge in [-0.15, -0.1) is 0 Å². The first-order valence-corrected chi connectivity index (χ1v) is 8.20. The average Bonchev–Trinajstić information content (AvgIpc) is 2.44. The molecule has 0 saturated heterocycles. The largest absolute Gasteiger partial charge is 0.449 e. The first-order valence-electron chi connectivity index (χ1n) is 6.68. The molecule has 126 valence electrons. The summed E-state index contributed by atoms with van der Waals surface area (Å²) >= 11 is 23.4. The molecule has 4 nitrogen and oxygen atoms in total. The Morgan fingerprint density at radius 2 is 1.33 bits per heavy atom. The van der Waals surface area contributed by atoms with Gasteiger partial charge < -0.3 is 10.1 Å². The fourth-order valence-corrected chi connectivity index (χ4v) is 2.88. The highest BCUT2D eigenvalue weighted by Crippen LogP contribution is 2.23. The van der Waals surface area contributed by atoms with E-state index in [9.17, 15) is 9.59 Å². The summed E-state index contributed by atoms with van der Waals surface area (Å²) in [5.41, 5.74) is 0.546. The topological polar surface area (TPSA) is 55.4 Å². The third kappa shape index (κ3) is 5.28. The predicted octanol–water partition coefficient (Wildman–Crippen LogP) is 5.48. The van der Waals surface area contributed by atoms with Crippen LogP contribution in [0.25, 0.3) is 0 Å². The van der Waals surface area contributed by atoms with E-state index in [-0.39, 0.29) is 5.56 Å². The number of rotatable bonds is 4. The molecule has 8 heteroatoms. The molecule has 24 heavy (non-hydrogen) atoms. The lowest BCUT2D eigenvalue weighted by Crippen LogP contribution is -2.30. The van der Waals surface area contributed by atoms with Gasteiger partial charge in [0.1, 0.15) is 0 Å². The minimum atomic E-state index is -1.05. The third-order valence-corrected chi connectivity index (χ3v) is 3.75. The van der Waals surface area contributed by atoms with Crippen molar-refractivity contribution >= 4 is 64.0 Å². The van der Waals surface area contributed by atoms with Crippen molar-refractivity contribution in [3.8, 4) is 0 Å². The van der Waals surface area contributed by atoms with Crippen LogP contribution >= 0.6 is 46.4 Å². The van der Waals surface area contributed by atoms with E-state index in [1.165, 1.54) is 43.3 Å². The van der Waals surface area contributed by atoms with Crippen LogP contribution in [0.4, 0.5) is 5.69 Å². The van der Waals surface area contributed by atoms with Crippen LogP contribution in [-0.4, -0.2) is 18.0 Å². The lowest BCUT2D eigenvalue weighted by atomic mass is 10.2. The number of ether oxygens (including phenoxy) is 1. The number of anilines is 1. The molecule has 0 fully saturated rings. The van der Waals surface area contributed by atoms with Crippen LogP contribution < -0.4 is 5.32 Å². The summed E-state index contributed by atoms with van der Waals surface area (Å²) in [5.74, 6) is -1.25. The molecule has 0 aromatic heterocycles. The highest BCUT2D eigenvalue weighted by atomic mass is 35.5. The maximum Gasteiger partial charge on any atom is 0.339 e. The molecule has 2 rings (SSSR count). The number of hydrogen-bond acceptors (Lipinski definition) is 3. The van der Waals surface area contributed by atoms with Crippen molar-refractivity contribution in [2.75, 3.05) is 5.32 Å². The van der Waals surface area contributed by atoms with E-state index in [2.05, 4.69) is 5.32 Å². The van der Waals surface area contributed by atoms with Gasteiger partial charge in [-0.05, 0) is 43.3 Å². The molecule has 0 bridgehead atoms. The molecule has 0 aliphatic heterocycles. The van der Waals surface area contributed by atoms with Crippen molar-refractivity contribution in [3.05, 3.63) is 62.1 Å². The molecular weight excluding hydrogens is 396 g/mol. The van der Waals surface area contributed by atoms with E-state index in [4.69, 9.17) is 51.1 Å². The molecule has 1 N–H and O–H groups in total. The maximum atomic E-state index is 12.1. The van der Waals surface area contributed by atoms with Crippen molar-refractivity contribution in [1.29, 1.82) is 0 Å². The van der Waals surface area contributed by atoms with E-state index in [0.29, 0.717) is 25.8 Å². The summed E-state index contributed by atoms with van der Waals surface area (Å²) in [6.07, 6.45) is -1.05. The first-order chi connectivity index (χ1) is 11.2. The number of halogens is 4. The van der Waals surface area contributed by atoms with Crippen LogP contribution in [0.3, 0.4) is 0 Å². The van der Waals surface area contributed by atoms with Gasteiger partial charge >= 0.3 is 5.97 Å². The predicted molar refractivity (Wildman–Crippen MR) is 96.4 cm³/mol. The Bertz CT molecular complexity index is 754. The minimum Gasteiger partial charge on any atom is -0.449 e. The summed E-state index contributed by atoms with van der Waals surface area (Å²) in [4.78, 5) is 24.2. The molecule has 0 saturated carbocycles. The normalized spacial score (nSPS) is 11.7. The number of esters is 1. The molecule has 0 spiro atoms. The molecule has 2 aromatic carbocycles. The number of benzene rings is 2. The number of carbonyl (C=O) groups is 2. The van der Waals surface area contributed by atoms with Crippen LogP contribution in [0, 0.1) is 0 Å². The highest BCUT2D eigenvalue weighted by molar-refractivity contribution is 6.35. The van der Waals surface area contributed by atoms with Gasteiger partial charge in [0.15, 0.2) is 6.10 Å². The van der Waals surface area contributed by atoms with Crippen molar-refractivity contribution in [3.63, 3.8) is 0 Å². The van der Waals surface area contributed by atoms with E-state index < -0.39 is 18.0 Å². The second-order valence-corrected chi connectivity index (χ2v) is 6.60. The van der Waals surface area contributed by atoms with Crippen molar-refractivity contribution in [2.45, 2.75) is 13.0 Å². The van der Waals surface area contributed by atoms with Gasteiger partial charge in [0.25, 0.3) is 5.91 Å². The molecule has 2 aromatic rings. The number of carbonyl (C=O) groups excluding carboxylic acids is 2. The lowest BCUT2D eigenvalue weighted by molar-refractivity contribution is -0.123. The smallest absolute Gasteiger partial charge is 0.339 e. The second-order valence-electron chi connectivity index (χ2n) is 4.85. The van der Waals surface area contributed by atoms with Crippen molar-refractivity contribution in [2.24, 2.45) is 0 Å². The number of hydrogen-bond donors (Lipinski definition) is 1. The highest BCUT2D eigenvalue weighted by Gasteiger charge is 2.20. The standard InChI is InChI=1S/C16H11Cl4NO3/c1-8(15(22)21-14-6-12(19)5-13(20)7-14)24-16(23)9-2-10(17)4-11(18)3-9/h2-8H,1H3,(H,21,22). The number of nitrogens with one attached hydrogen (secondary N) is 1. The van der Waals surface area contributed by atoms with Crippen LogP contribution in [0.1, 0.15) is 17.3 Å². The van der Waals surface area contributed by atoms with Crippen LogP contribution in [0.15, 0.2) is 36.4 Å². The fourth-order valence-electron chi connectivity index (χ4n) is 1.82. The second kappa shape index (κ2) is 8.08. The fraction of sp³-hybridized carbons (Fsp3) is 0.125. The van der Waals surface area contributed by atoms with Crippen LogP contribution in [0.5, 0.6) is 0 Å². The third-order valence-electron chi connectivity index (χ3n) is 2.88. The van der Waals surface area contributed by atoms with Gasteiger partial charge in [0.2, 0.25) is 0 Å². The Balaban J connectivity index is 2.04. The van der Waals surface area contributed by atoms with Crippen LogP contribution in [-0.2, 0) is 9.53 Å². The Morgan fingerprint density at radius 3 is 1.83 bits per heavy atom. The zero-order valence-corrected chi connectivity index (χ0v) is 15.3. The Labute approximate surface area is 158 Å². The van der Waals surface area contributed by atoms with E-state index in [1.807, 2.05) is 0 Å². The molecule has 1 amide bonds. The van der Waals surface area contributed by atoms with E-state index in [0.717, 1.165) is 0 Å². The van der Waals surface area contributed by atoms with Crippen molar-refractivity contribution < 1.29 is 14.3 Å². The summed E-state index contributed by atoms with van der Waals surface area (Å²) in [7, 11) is 0. The summed E-state index contributed by atoms with van der Waals surface area (Å²) in [6.45, 7) is 1.44. The quantitative estimate of drug-likeness (QED) is 0.683. The van der Waals surface area contributed by atoms with Gasteiger partial charge in [0.05, 0.1) is 5.56 Å². The summed E-state index contributed by atoms with van der Waals surface area (Å²) in [6, 6.07) is 8.87. The van der Waals surface area contributed by atoms with Gasteiger partial charge in [-0.2, -0.15) is 0 Å². The molecule has 0 radical (unpaired) electrons. The number of amides is 1. The molecule has 0 aliphatic rings. The summed E-state index contributed by atoms with van der Waals surface area (Å²) in [5, 5.41) is 3.89.